The highest BCUT2D eigenvalue weighted by Crippen LogP contribution is 2.21. The van der Waals surface area contributed by atoms with Gasteiger partial charge < -0.3 is 4.48 Å². The Morgan fingerprint density at radius 3 is 2.00 bits per heavy atom. The topological polar surface area (TPSA) is 0 Å². The quantitative estimate of drug-likeness (QED) is 0.554. The van der Waals surface area contributed by atoms with E-state index in [-0.39, 0.29) is 0 Å². The smallest absolute Gasteiger partial charge is 0.114 e. The van der Waals surface area contributed by atoms with E-state index in [1.165, 1.54) is 5.56 Å². The Labute approximate surface area is 102 Å². The Morgan fingerprint density at radius 1 is 1.06 bits per heavy atom. The molecule has 0 heterocycles. The molecule has 0 N–H and O–H groups in total. The van der Waals surface area contributed by atoms with E-state index in [0.29, 0.717) is 0 Å². The zero-order valence-corrected chi connectivity index (χ0v) is 12.6. The molecule has 0 amide bonds. The molecule has 1 rings (SSSR count). The van der Waals surface area contributed by atoms with Gasteiger partial charge in [0.05, 0.1) is 19.8 Å². The third kappa shape index (κ3) is 3.46. The van der Waals surface area contributed by atoms with Crippen LogP contribution in [0.2, 0.25) is 19.6 Å². The SMILES string of the molecule is CC([N+](C)(C)Cc1ccccc1)[Si](C)(C)C. The number of benzene rings is 1. The van der Waals surface area contributed by atoms with Gasteiger partial charge >= 0.3 is 0 Å². The minimum absolute atomic E-state index is 0.771. The Balaban J connectivity index is 2.80. The molecule has 0 radical (unpaired) electrons. The largest absolute Gasteiger partial charge is 0.326 e. The summed E-state index contributed by atoms with van der Waals surface area (Å²) in [5.41, 5.74) is 2.21. The molecule has 0 saturated heterocycles. The molecule has 0 aromatic heterocycles. The summed E-state index contributed by atoms with van der Waals surface area (Å²) < 4.78 is 1.10. The maximum Gasteiger partial charge on any atom is 0.114 e. The van der Waals surface area contributed by atoms with E-state index in [4.69, 9.17) is 0 Å². The Hall–Kier alpha value is -0.603. The first-order valence-electron chi connectivity index (χ1n) is 6.10. The molecule has 0 saturated carbocycles. The number of hydrogen-bond donors (Lipinski definition) is 0. The van der Waals surface area contributed by atoms with Gasteiger partial charge in [-0.1, -0.05) is 50.0 Å². The fraction of sp³-hybridized carbons (Fsp3) is 0.571. The molecule has 1 aromatic rings. The van der Waals surface area contributed by atoms with Crippen molar-refractivity contribution in [2.75, 3.05) is 14.1 Å². The summed E-state index contributed by atoms with van der Waals surface area (Å²) in [6, 6.07) is 10.8. The molecule has 90 valence electrons. The number of hydrogen-bond acceptors (Lipinski definition) is 0. The van der Waals surface area contributed by atoms with E-state index >= 15 is 0 Å². The zero-order chi connectivity index (χ0) is 12.4. The van der Waals surface area contributed by atoms with E-state index in [1.54, 1.807) is 0 Å². The number of rotatable bonds is 4. The molecule has 1 unspecified atom stereocenters. The predicted molar refractivity (Wildman–Crippen MR) is 75.1 cm³/mol. The molecule has 0 aliphatic carbocycles. The minimum Gasteiger partial charge on any atom is -0.326 e. The average molecular weight is 236 g/mol. The molecule has 1 aromatic carbocycles. The molecule has 16 heavy (non-hydrogen) atoms. The first-order chi connectivity index (χ1) is 7.23. The Bertz CT molecular complexity index is 324. The molecule has 0 aliphatic heterocycles. The van der Waals surface area contributed by atoms with Crippen LogP contribution in [0.5, 0.6) is 0 Å². The first-order valence-corrected chi connectivity index (χ1v) is 9.68. The zero-order valence-electron chi connectivity index (χ0n) is 11.6. The van der Waals surface area contributed by atoms with Crippen LogP contribution in [-0.2, 0) is 6.54 Å². The van der Waals surface area contributed by atoms with Gasteiger partial charge in [0.15, 0.2) is 0 Å². The van der Waals surface area contributed by atoms with Crippen LogP contribution in [0.15, 0.2) is 30.3 Å². The highest BCUT2D eigenvalue weighted by molar-refractivity contribution is 6.77. The van der Waals surface area contributed by atoms with Crippen molar-refractivity contribution in [3.05, 3.63) is 35.9 Å². The van der Waals surface area contributed by atoms with Crippen molar-refractivity contribution in [3.63, 3.8) is 0 Å². The third-order valence-corrected chi connectivity index (χ3v) is 6.94. The van der Waals surface area contributed by atoms with Crippen molar-refractivity contribution in [1.82, 2.24) is 0 Å². The van der Waals surface area contributed by atoms with E-state index < -0.39 is 8.07 Å². The Morgan fingerprint density at radius 2 is 1.56 bits per heavy atom. The van der Waals surface area contributed by atoms with Gasteiger partial charge in [-0.3, -0.25) is 0 Å². The molecule has 0 aliphatic rings. The second kappa shape index (κ2) is 4.72. The first kappa shape index (κ1) is 13.5. The van der Waals surface area contributed by atoms with Gasteiger partial charge in [0.2, 0.25) is 0 Å². The molecule has 1 nitrogen and oxygen atoms in total. The Kier molecular flexibility index (Phi) is 3.97. The lowest BCUT2D eigenvalue weighted by atomic mass is 10.2. The van der Waals surface area contributed by atoms with Gasteiger partial charge in [0, 0.05) is 5.56 Å². The summed E-state index contributed by atoms with van der Waals surface area (Å²) in [5.74, 6) is 0. The normalized spacial score (nSPS) is 14.9. The van der Waals surface area contributed by atoms with Crippen molar-refractivity contribution >= 4 is 8.07 Å². The van der Waals surface area contributed by atoms with Crippen LogP contribution in [0.4, 0.5) is 0 Å². The fourth-order valence-electron chi connectivity index (χ4n) is 2.24. The lowest BCUT2D eigenvalue weighted by molar-refractivity contribution is -0.915. The van der Waals surface area contributed by atoms with Gasteiger partial charge in [0.25, 0.3) is 0 Å². The second-order valence-electron chi connectivity index (χ2n) is 6.46. The van der Waals surface area contributed by atoms with Gasteiger partial charge in [-0.15, -0.1) is 0 Å². The average Bonchev–Trinajstić information content (AvgIpc) is 2.16. The lowest BCUT2D eigenvalue weighted by Gasteiger charge is -2.42. The molecular formula is C14H26NSi+. The van der Waals surface area contributed by atoms with Crippen LogP contribution in [0, 0.1) is 0 Å². The number of nitrogens with zero attached hydrogens (tertiary/aromatic N) is 1. The van der Waals surface area contributed by atoms with E-state index in [2.05, 4.69) is 71.0 Å². The molecule has 0 bridgehead atoms. The van der Waals surface area contributed by atoms with Crippen LogP contribution in [0.1, 0.15) is 12.5 Å². The van der Waals surface area contributed by atoms with Crippen molar-refractivity contribution in [1.29, 1.82) is 0 Å². The van der Waals surface area contributed by atoms with Crippen LogP contribution in [0.25, 0.3) is 0 Å². The predicted octanol–water partition coefficient (Wildman–Crippen LogP) is 3.53. The highest BCUT2D eigenvalue weighted by atomic mass is 28.3. The van der Waals surface area contributed by atoms with E-state index in [1.807, 2.05) is 0 Å². The van der Waals surface area contributed by atoms with Crippen molar-refractivity contribution in [3.8, 4) is 0 Å². The standard InChI is InChI=1S/C14H26NSi/c1-13(16(4,5)6)15(2,3)12-14-10-8-7-9-11-14/h7-11,13H,12H2,1-6H3/q+1. The highest BCUT2D eigenvalue weighted by Gasteiger charge is 2.35. The minimum atomic E-state index is -1.08. The molecular weight excluding hydrogens is 210 g/mol. The summed E-state index contributed by atoms with van der Waals surface area (Å²) >= 11 is 0. The summed E-state index contributed by atoms with van der Waals surface area (Å²) in [4.78, 5) is 0. The van der Waals surface area contributed by atoms with Crippen LogP contribution >= 0.6 is 0 Å². The fourth-order valence-corrected chi connectivity index (χ4v) is 4.43. The monoisotopic (exact) mass is 236 g/mol. The molecule has 1 atom stereocenters. The van der Waals surface area contributed by atoms with Crippen molar-refractivity contribution in [2.24, 2.45) is 0 Å². The summed E-state index contributed by atoms with van der Waals surface area (Å²) in [7, 11) is 3.64. The maximum absolute atomic E-state index is 2.46. The van der Waals surface area contributed by atoms with E-state index in [0.717, 1.165) is 16.7 Å². The van der Waals surface area contributed by atoms with Crippen LogP contribution < -0.4 is 0 Å². The third-order valence-electron chi connectivity index (χ3n) is 3.73. The molecule has 0 fully saturated rings. The van der Waals surface area contributed by atoms with Gasteiger partial charge in [-0.25, -0.2) is 0 Å². The molecule has 2 heteroatoms. The van der Waals surface area contributed by atoms with Crippen molar-refractivity contribution in [2.45, 2.75) is 38.8 Å². The maximum atomic E-state index is 2.46. The van der Waals surface area contributed by atoms with Gasteiger partial charge in [-0.05, 0) is 6.92 Å². The van der Waals surface area contributed by atoms with E-state index in [9.17, 15) is 0 Å². The summed E-state index contributed by atoms with van der Waals surface area (Å²) in [6.07, 6.45) is 0. The van der Waals surface area contributed by atoms with Gasteiger partial charge in [-0.2, -0.15) is 0 Å². The second-order valence-corrected chi connectivity index (χ2v) is 12.0. The lowest BCUT2D eigenvalue weighted by Crippen LogP contribution is -2.57. The van der Waals surface area contributed by atoms with Crippen LogP contribution in [0.3, 0.4) is 0 Å². The summed E-state index contributed by atoms with van der Waals surface area (Å²) in [5, 5.41) is 0. The number of quaternary nitrogens is 1. The molecule has 0 spiro atoms. The van der Waals surface area contributed by atoms with Crippen LogP contribution in [-0.4, -0.2) is 32.3 Å². The summed E-state index contributed by atoms with van der Waals surface area (Å²) in [6.45, 7) is 10.9. The van der Waals surface area contributed by atoms with Gasteiger partial charge in [0.1, 0.15) is 14.6 Å². The van der Waals surface area contributed by atoms with Crippen molar-refractivity contribution < 1.29 is 4.48 Å².